The van der Waals surface area contributed by atoms with Crippen LogP contribution in [0.25, 0.3) is 0 Å². The van der Waals surface area contributed by atoms with Crippen molar-refractivity contribution < 1.29 is 9.53 Å². The molecule has 7 heteroatoms. The molecular formula is C14H23N5O2. The maximum absolute atomic E-state index is 12.0. The molecule has 0 spiro atoms. The summed E-state index contributed by atoms with van der Waals surface area (Å²) in [5, 5.41) is 6.44. The van der Waals surface area contributed by atoms with Crippen LogP contribution in [0.5, 0.6) is 0 Å². The fourth-order valence-corrected chi connectivity index (χ4v) is 2.24. The van der Waals surface area contributed by atoms with E-state index in [-0.39, 0.29) is 11.9 Å². The molecule has 1 aromatic heterocycles. The Kier molecular flexibility index (Phi) is 5.32. The maximum Gasteiger partial charge on any atom is 0.244 e. The number of nitrogens with one attached hydrogen (secondary N) is 2. The van der Waals surface area contributed by atoms with E-state index in [2.05, 4.69) is 27.5 Å². The van der Waals surface area contributed by atoms with Crippen molar-refractivity contribution in [2.75, 3.05) is 37.9 Å². The van der Waals surface area contributed by atoms with Gasteiger partial charge < -0.3 is 20.3 Å². The second-order valence-electron chi connectivity index (χ2n) is 5.16. The summed E-state index contributed by atoms with van der Waals surface area (Å²) in [4.78, 5) is 22.5. The lowest BCUT2D eigenvalue weighted by atomic mass is 10.2. The van der Waals surface area contributed by atoms with Gasteiger partial charge in [0.15, 0.2) is 5.82 Å². The number of amides is 1. The Bertz CT molecular complexity index is 494. The highest BCUT2D eigenvalue weighted by atomic mass is 16.5. The number of likely N-dealkylation sites (N-methyl/N-ethyl adjacent to an activating group) is 1. The molecule has 1 aliphatic heterocycles. The van der Waals surface area contributed by atoms with Crippen LogP contribution in [-0.4, -0.2) is 54.1 Å². The minimum atomic E-state index is -0.209. The minimum absolute atomic E-state index is 0.102. The van der Waals surface area contributed by atoms with Gasteiger partial charge in [0.05, 0.1) is 0 Å². The number of rotatable bonds is 7. The standard InChI is InChI=1S/C14H23N5O2/c1-4-6-15-11-8-12(18-13(17-11)9-21-3)16-10-5-7-19(2)14(10)20/h8,10H,4-7,9H2,1-3H3,(H2,15,16,17,18). The van der Waals surface area contributed by atoms with Gasteiger partial charge in [-0.25, -0.2) is 9.97 Å². The first-order chi connectivity index (χ1) is 10.1. The van der Waals surface area contributed by atoms with E-state index < -0.39 is 0 Å². The van der Waals surface area contributed by atoms with Crippen LogP contribution < -0.4 is 10.6 Å². The van der Waals surface area contributed by atoms with Crippen LogP contribution in [-0.2, 0) is 16.1 Å². The SMILES string of the molecule is CCCNc1cc(NC2CCN(C)C2=O)nc(COC)n1. The molecule has 1 atom stereocenters. The molecule has 1 aliphatic rings. The highest BCUT2D eigenvalue weighted by molar-refractivity contribution is 5.86. The average molecular weight is 293 g/mol. The van der Waals surface area contributed by atoms with E-state index in [4.69, 9.17) is 4.74 Å². The number of methoxy groups -OCH3 is 1. The molecule has 0 aliphatic carbocycles. The summed E-state index contributed by atoms with van der Waals surface area (Å²) in [7, 11) is 3.42. The summed E-state index contributed by atoms with van der Waals surface area (Å²) in [6, 6.07) is 1.62. The lowest BCUT2D eigenvalue weighted by Crippen LogP contribution is -2.31. The largest absolute Gasteiger partial charge is 0.377 e. The van der Waals surface area contributed by atoms with Crippen molar-refractivity contribution in [3.05, 3.63) is 11.9 Å². The van der Waals surface area contributed by atoms with Crippen molar-refractivity contribution in [3.8, 4) is 0 Å². The van der Waals surface area contributed by atoms with Crippen molar-refractivity contribution in [3.63, 3.8) is 0 Å². The van der Waals surface area contributed by atoms with Crippen molar-refractivity contribution >= 4 is 17.5 Å². The number of ether oxygens (including phenoxy) is 1. The molecule has 0 aromatic carbocycles. The van der Waals surface area contributed by atoms with E-state index in [1.54, 1.807) is 12.0 Å². The third kappa shape index (κ3) is 4.04. The summed E-state index contributed by atoms with van der Waals surface area (Å²) in [5.41, 5.74) is 0. The maximum atomic E-state index is 12.0. The van der Waals surface area contributed by atoms with E-state index in [9.17, 15) is 4.79 Å². The number of carbonyl (C=O) groups excluding carboxylic acids is 1. The van der Waals surface area contributed by atoms with Gasteiger partial charge in [-0.05, 0) is 12.8 Å². The van der Waals surface area contributed by atoms with Gasteiger partial charge in [-0.1, -0.05) is 6.92 Å². The van der Waals surface area contributed by atoms with E-state index >= 15 is 0 Å². The monoisotopic (exact) mass is 293 g/mol. The molecule has 0 saturated carbocycles. The van der Waals surface area contributed by atoms with Gasteiger partial charge in [0.25, 0.3) is 0 Å². The van der Waals surface area contributed by atoms with Gasteiger partial charge in [0.2, 0.25) is 5.91 Å². The topological polar surface area (TPSA) is 79.4 Å². The Morgan fingerprint density at radius 2 is 2.19 bits per heavy atom. The van der Waals surface area contributed by atoms with Crippen LogP contribution in [0, 0.1) is 0 Å². The lowest BCUT2D eigenvalue weighted by Gasteiger charge is -2.15. The Morgan fingerprint density at radius 1 is 1.43 bits per heavy atom. The number of carbonyl (C=O) groups is 1. The molecule has 0 bridgehead atoms. The molecule has 2 N–H and O–H groups in total. The van der Waals surface area contributed by atoms with Crippen LogP contribution in [0.4, 0.5) is 11.6 Å². The van der Waals surface area contributed by atoms with Gasteiger partial charge in [0.1, 0.15) is 24.3 Å². The molecule has 1 amide bonds. The van der Waals surface area contributed by atoms with E-state index in [0.29, 0.717) is 18.2 Å². The summed E-state index contributed by atoms with van der Waals surface area (Å²) in [6.07, 6.45) is 1.80. The summed E-state index contributed by atoms with van der Waals surface area (Å²) < 4.78 is 5.09. The van der Waals surface area contributed by atoms with Crippen LogP contribution >= 0.6 is 0 Å². The van der Waals surface area contributed by atoms with Crippen LogP contribution in [0.3, 0.4) is 0 Å². The Balaban J connectivity index is 2.13. The van der Waals surface area contributed by atoms with E-state index in [1.807, 2.05) is 13.1 Å². The average Bonchev–Trinajstić information content (AvgIpc) is 2.77. The Morgan fingerprint density at radius 3 is 2.81 bits per heavy atom. The Hall–Kier alpha value is -1.89. The summed E-state index contributed by atoms with van der Waals surface area (Å²) in [5.74, 6) is 2.11. The molecule has 0 radical (unpaired) electrons. The number of aromatic nitrogens is 2. The number of anilines is 2. The fourth-order valence-electron chi connectivity index (χ4n) is 2.24. The lowest BCUT2D eigenvalue weighted by molar-refractivity contribution is -0.127. The molecule has 116 valence electrons. The van der Waals surface area contributed by atoms with Crippen LogP contribution in [0.1, 0.15) is 25.6 Å². The molecule has 1 aromatic rings. The third-order valence-corrected chi connectivity index (χ3v) is 3.35. The zero-order chi connectivity index (χ0) is 15.2. The minimum Gasteiger partial charge on any atom is -0.377 e. The zero-order valence-corrected chi connectivity index (χ0v) is 12.8. The van der Waals surface area contributed by atoms with Crippen molar-refractivity contribution in [2.45, 2.75) is 32.4 Å². The first-order valence-electron chi connectivity index (χ1n) is 7.26. The molecule has 21 heavy (non-hydrogen) atoms. The quantitative estimate of drug-likeness (QED) is 0.783. The third-order valence-electron chi connectivity index (χ3n) is 3.35. The van der Waals surface area contributed by atoms with Crippen LogP contribution in [0.2, 0.25) is 0 Å². The van der Waals surface area contributed by atoms with Gasteiger partial charge in [-0.2, -0.15) is 0 Å². The number of hydrogen-bond acceptors (Lipinski definition) is 6. The second kappa shape index (κ2) is 7.21. The highest BCUT2D eigenvalue weighted by Gasteiger charge is 2.29. The predicted molar refractivity (Wildman–Crippen MR) is 81.2 cm³/mol. The molecule has 1 fully saturated rings. The van der Waals surface area contributed by atoms with E-state index in [1.165, 1.54) is 0 Å². The van der Waals surface area contributed by atoms with Crippen LogP contribution in [0.15, 0.2) is 6.07 Å². The number of hydrogen-bond donors (Lipinski definition) is 2. The Labute approximate surface area is 125 Å². The number of likely N-dealkylation sites (tertiary alicyclic amines) is 1. The van der Waals surface area contributed by atoms with Gasteiger partial charge in [0, 0.05) is 33.3 Å². The summed E-state index contributed by atoms with van der Waals surface area (Å²) >= 11 is 0. The smallest absolute Gasteiger partial charge is 0.244 e. The molecular weight excluding hydrogens is 270 g/mol. The predicted octanol–water partition coefficient (Wildman–Crippen LogP) is 1.09. The molecule has 7 nitrogen and oxygen atoms in total. The summed E-state index contributed by atoms with van der Waals surface area (Å²) in [6.45, 7) is 4.05. The van der Waals surface area contributed by atoms with Crippen molar-refractivity contribution in [2.24, 2.45) is 0 Å². The van der Waals surface area contributed by atoms with Crippen molar-refractivity contribution in [1.82, 2.24) is 14.9 Å². The first-order valence-corrected chi connectivity index (χ1v) is 7.26. The highest BCUT2D eigenvalue weighted by Crippen LogP contribution is 2.17. The molecule has 1 unspecified atom stereocenters. The van der Waals surface area contributed by atoms with Gasteiger partial charge in [-0.3, -0.25) is 4.79 Å². The molecule has 2 heterocycles. The normalized spacial score (nSPS) is 18.1. The molecule has 1 saturated heterocycles. The first kappa shape index (κ1) is 15.5. The number of nitrogens with zero attached hydrogens (tertiary/aromatic N) is 3. The molecule has 2 rings (SSSR count). The van der Waals surface area contributed by atoms with Gasteiger partial charge >= 0.3 is 0 Å². The van der Waals surface area contributed by atoms with Crippen molar-refractivity contribution in [1.29, 1.82) is 0 Å². The zero-order valence-electron chi connectivity index (χ0n) is 12.8. The fraction of sp³-hybridized carbons (Fsp3) is 0.643. The second-order valence-corrected chi connectivity index (χ2v) is 5.16. The van der Waals surface area contributed by atoms with E-state index in [0.717, 1.165) is 31.7 Å². The van der Waals surface area contributed by atoms with Gasteiger partial charge in [-0.15, -0.1) is 0 Å².